The molecule has 12 nitrogen and oxygen atoms in total. The molecule has 1 N–H and O–H groups in total. The number of aromatic carboxylic acids is 1. The number of aromatic nitrogens is 4. The molecule has 1 aliphatic rings. The van der Waals surface area contributed by atoms with E-state index in [2.05, 4.69) is 21.5 Å². The van der Waals surface area contributed by atoms with E-state index in [1.54, 1.807) is 35.8 Å². The zero-order valence-corrected chi connectivity index (χ0v) is 34.8. The van der Waals surface area contributed by atoms with E-state index >= 15 is 4.79 Å². The molecule has 0 saturated heterocycles. The second-order valence-electron chi connectivity index (χ2n) is 14.4. The minimum Gasteiger partial charge on any atom is -0.494 e. The number of aryl methyl sites for hydroxylation is 6. The fourth-order valence-electron chi connectivity index (χ4n) is 8.20. The van der Waals surface area contributed by atoms with Crippen molar-refractivity contribution in [1.82, 2.24) is 19.1 Å². The number of carbonyl (C=O) groups is 2. The van der Waals surface area contributed by atoms with Crippen molar-refractivity contribution >= 4 is 62.6 Å². The number of carboxylic acids is 1. The van der Waals surface area contributed by atoms with Gasteiger partial charge in [-0.1, -0.05) is 29.3 Å². The summed E-state index contributed by atoms with van der Waals surface area (Å²) in [5, 5.41) is 12.8. The molecule has 0 saturated carbocycles. The van der Waals surface area contributed by atoms with Gasteiger partial charge in [-0.25, -0.2) is 14.8 Å². The summed E-state index contributed by atoms with van der Waals surface area (Å²) in [5.74, 6) is 0.0851. The maximum atomic E-state index is 15.4. The van der Waals surface area contributed by atoms with Gasteiger partial charge in [0.1, 0.15) is 30.1 Å². The molecule has 0 fully saturated rings. The van der Waals surface area contributed by atoms with Crippen molar-refractivity contribution in [3.63, 3.8) is 0 Å². The highest BCUT2D eigenvalue weighted by Gasteiger charge is 2.38. The summed E-state index contributed by atoms with van der Waals surface area (Å²) >= 11 is 13.5. The van der Waals surface area contributed by atoms with E-state index in [1.165, 1.54) is 13.4 Å². The van der Waals surface area contributed by atoms with E-state index in [1.807, 2.05) is 52.0 Å². The lowest BCUT2D eigenvalue weighted by Crippen LogP contribution is -2.43. The van der Waals surface area contributed by atoms with Crippen LogP contribution in [0.3, 0.4) is 0 Å². The number of fused-ring (bicyclic) bond motifs is 4. The van der Waals surface area contributed by atoms with Crippen molar-refractivity contribution in [3.05, 3.63) is 92.2 Å². The topological polar surface area (TPSA) is 130 Å². The van der Waals surface area contributed by atoms with Crippen molar-refractivity contribution in [2.75, 3.05) is 45.5 Å². The van der Waals surface area contributed by atoms with Crippen LogP contribution in [0.25, 0.3) is 32.9 Å². The lowest BCUT2D eigenvalue weighted by Gasteiger charge is -2.35. The normalized spacial score (nSPS) is 14.1. The van der Waals surface area contributed by atoms with Crippen LogP contribution in [0, 0.1) is 27.7 Å². The average molecular weight is 815 g/mol. The number of carbonyl (C=O) groups excluding carboxylic acids is 1. The Morgan fingerprint density at radius 3 is 2.26 bits per heavy atom. The third kappa shape index (κ3) is 6.93. The van der Waals surface area contributed by atoms with E-state index in [4.69, 9.17) is 42.1 Å². The SMILES string of the molecule is COCCOc1cc(N2C[C@@H](C)n3c(c(CCCOc4cc(C)c(Cl)c(C)c4)c4ccc(Cl)c(-c5c(C)ncnc5C)c43)C2=O)c2c(cc(C(=O)O)n2C)c1OC. The average Bonchev–Trinajstić information content (AvgIpc) is 3.70. The van der Waals surface area contributed by atoms with Crippen molar-refractivity contribution < 1.29 is 33.6 Å². The van der Waals surface area contributed by atoms with Gasteiger partial charge < -0.3 is 38.1 Å². The number of anilines is 1. The minimum absolute atomic E-state index is 0.0343. The number of halogens is 2. The van der Waals surface area contributed by atoms with Gasteiger partial charge in [-0.3, -0.25) is 4.79 Å². The van der Waals surface area contributed by atoms with Crippen molar-refractivity contribution in [2.24, 2.45) is 7.05 Å². The number of methoxy groups -OCH3 is 2. The Balaban J connectivity index is 1.42. The molecular formula is C43H45Cl2N5O7. The molecule has 1 atom stereocenters. The molecule has 3 aromatic heterocycles. The molecule has 0 bridgehead atoms. The van der Waals surface area contributed by atoms with Gasteiger partial charge >= 0.3 is 5.97 Å². The summed E-state index contributed by atoms with van der Waals surface area (Å²) in [6, 6.07) is 10.8. The van der Waals surface area contributed by atoms with E-state index in [0.717, 1.165) is 55.9 Å². The Hall–Kier alpha value is -5.30. The molecule has 4 heterocycles. The van der Waals surface area contributed by atoms with Gasteiger partial charge in [0.2, 0.25) is 0 Å². The molecule has 1 amide bonds. The van der Waals surface area contributed by atoms with Gasteiger partial charge in [-0.05, 0) is 88.4 Å². The maximum absolute atomic E-state index is 15.4. The Bertz CT molecular complexity index is 2540. The smallest absolute Gasteiger partial charge is 0.352 e. The number of rotatable bonds is 13. The number of ether oxygens (including phenoxy) is 4. The van der Waals surface area contributed by atoms with Crippen molar-refractivity contribution in [3.8, 4) is 28.4 Å². The molecular weight excluding hydrogens is 769 g/mol. The highest BCUT2D eigenvalue weighted by Crippen LogP contribution is 2.48. The Kier molecular flexibility index (Phi) is 11.1. The quantitative estimate of drug-likeness (QED) is 0.114. The Morgan fingerprint density at radius 1 is 0.912 bits per heavy atom. The van der Waals surface area contributed by atoms with Crippen LogP contribution in [-0.2, 0) is 18.2 Å². The number of hydrogen-bond donors (Lipinski definition) is 1. The predicted octanol–water partition coefficient (Wildman–Crippen LogP) is 9.10. The number of benzene rings is 3. The van der Waals surface area contributed by atoms with E-state index in [-0.39, 0.29) is 30.8 Å². The number of carboxylic acid groups (broad SMARTS) is 1. The summed E-state index contributed by atoms with van der Waals surface area (Å²) in [6.07, 6.45) is 2.65. The van der Waals surface area contributed by atoms with E-state index in [0.29, 0.717) is 69.9 Å². The molecule has 0 radical (unpaired) electrons. The van der Waals surface area contributed by atoms with Crippen LogP contribution in [0.5, 0.6) is 17.2 Å². The zero-order valence-electron chi connectivity index (χ0n) is 33.3. The summed E-state index contributed by atoms with van der Waals surface area (Å²) in [6.45, 7) is 11.0. The molecule has 0 aliphatic carbocycles. The van der Waals surface area contributed by atoms with Gasteiger partial charge in [0.25, 0.3) is 5.91 Å². The van der Waals surface area contributed by atoms with Gasteiger partial charge in [0, 0.05) is 71.1 Å². The molecule has 298 valence electrons. The summed E-state index contributed by atoms with van der Waals surface area (Å²) in [7, 11) is 4.76. The Labute approximate surface area is 340 Å². The van der Waals surface area contributed by atoms with Gasteiger partial charge in [0.05, 0.1) is 42.1 Å². The first-order valence-electron chi connectivity index (χ1n) is 18.7. The van der Waals surface area contributed by atoms with E-state index in [9.17, 15) is 9.90 Å². The fourth-order valence-corrected chi connectivity index (χ4v) is 8.55. The second-order valence-corrected chi connectivity index (χ2v) is 15.2. The first kappa shape index (κ1) is 39.9. The first-order valence-corrected chi connectivity index (χ1v) is 19.4. The van der Waals surface area contributed by atoms with E-state index < -0.39 is 5.97 Å². The molecule has 7 rings (SSSR count). The molecule has 0 spiro atoms. The molecule has 3 aromatic carbocycles. The predicted molar refractivity (Wildman–Crippen MR) is 222 cm³/mol. The number of hydrogen-bond acceptors (Lipinski definition) is 8. The lowest BCUT2D eigenvalue weighted by atomic mass is 9.97. The number of amides is 1. The van der Waals surface area contributed by atoms with Crippen LogP contribution in [0.15, 0.2) is 42.7 Å². The number of nitrogens with zero attached hydrogens (tertiary/aromatic N) is 5. The van der Waals surface area contributed by atoms with Crippen LogP contribution in [0.2, 0.25) is 10.0 Å². The summed E-state index contributed by atoms with van der Waals surface area (Å²) in [5.41, 5.74) is 8.24. The molecule has 6 aromatic rings. The minimum atomic E-state index is -1.12. The van der Waals surface area contributed by atoms with Gasteiger partial charge in [-0.15, -0.1) is 0 Å². The largest absolute Gasteiger partial charge is 0.494 e. The summed E-state index contributed by atoms with van der Waals surface area (Å²) in [4.78, 5) is 38.6. The van der Waals surface area contributed by atoms with Crippen molar-refractivity contribution in [2.45, 2.75) is 53.5 Å². The van der Waals surface area contributed by atoms with Crippen molar-refractivity contribution in [1.29, 1.82) is 0 Å². The van der Waals surface area contributed by atoms with Gasteiger partial charge in [-0.2, -0.15) is 0 Å². The molecule has 14 heteroatoms. The molecule has 0 unspecified atom stereocenters. The monoisotopic (exact) mass is 813 g/mol. The third-order valence-corrected chi connectivity index (χ3v) is 11.7. The highest BCUT2D eigenvalue weighted by atomic mass is 35.5. The highest BCUT2D eigenvalue weighted by molar-refractivity contribution is 6.35. The first-order chi connectivity index (χ1) is 27.3. The zero-order chi connectivity index (χ0) is 40.9. The second kappa shape index (κ2) is 15.9. The van der Waals surface area contributed by atoms with Crippen LogP contribution >= 0.6 is 23.2 Å². The molecule has 57 heavy (non-hydrogen) atoms. The fraction of sp³-hybridized carbons (Fsp3) is 0.349. The summed E-state index contributed by atoms with van der Waals surface area (Å²) < 4.78 is 27.1. The standard InChI is InChI=1S/C43H45Cl2N5O7/c1-22-16-27(17-23(2)37(22)45)56-13-9-10-28-29-11-12-31(44)36(35-25(4)46-21-47-26(35)5)39(29)50-24(3)20-49(42(51)40(28)50)32-19-34(57-15-14-54-7)41(55-8)30-18-33(43(52)53)48(6)38(30)32/h11-12,16-19,21,24H,9-10,13-15,20H2,1-8H3,(H,52,53)/t24-/m1/s1. The van der Waals surface area contributed by atoms with Gasteiger partial charge in [0.15, 0.2) is 11.5 Å². The molecule has 1 aliphatic heterocycles. The lowest BCUT2D eigenvalue weighted by molar-refractivity contribution is 0.0687. The van der Waals surface area contributed by atoms with Crippen LogP contribution in [0.4, 0.5) is 5.69 Å². The van der Waals surface area contributed by atoms with Crippen LogP contribution in [0.1, 0.15) is 68.4 Å². The maximum Gasteiger partial charge on any atom is 0.352 e. The third-order valence-electron chi connectivity index (χ3n) is 10.8. The van der Waals surface area contributed by atoms with Crippen LogP contribution in [-0.4, -0.2) is 76.7 Å². The Morgan fingerprint density at radius 2 is 1.61 bits per heavy atom. The van der Waals surface area contributed by atoms with Crippen LogP contribution < -0.4 is 19.1 Å².